The molecule has 0 aliphatic carbocycles. The van der Waals surface area contributed by atoms with E-state index in [1.807, 2.05) is 0 Å². The molecule has 0 aliphatic heterocycles. The van der Waals surface area contributed by atoms with E-state index < -0.39 is 0 Å². The van der Waals surface area contributed by atoms with Gasteiger partial charge in [-0.1, -0.05) is 17.2 Å². The second kappa shape index (κ2) is 3.99. The summed E-state index contributed by atoms with van der Waals surface area (Å²) in [5, 5.41) is 8.29. The molecule has 0 N–H and O–H groups in total. The molecule has 1 aromatic heterocycles. The zero-order valence-corrected chi connectivity index (χ0v) is 11.2. The number of hydrogen-bond acceptors (Lipinski definition) is 2. The summed E-state index contributed by atoms with van der Waals surface area (Å²) in [5.74, 6) is 0.935. The number of rotatable bonds is 1. The summed E-state index contributed by atoms with van der Waals surface area (Å²) in [4.78, 5) is 0. The molecule has 0 fully saturated rings. The zero-order chi connectivity index (χ0) is 12.6. The molecule has 3 nitrogen and oxygen atoms in total. The molecule has 0 amide bonds. The Hall–Kier alpha value is -1.64. The highest BCUT2D eigenvalue weighted by molar-refractivity contribution is 5.58. The predicted molar refractivity (Wildman–Crippen MR) is 69.9 cm³/mol. The van der Waals surface area contributed by atoms with Crippen LogP contribution in [0.3, 0.4) is 0 Å². The molecular weight excluding hydrogens is 210 g/mol. The van der Waals surface area contributed by atoms with E-state index in [0.717, 1.165) is 11.4 Å². The maximum absolute atomic E-state index is 4.25. The van der Waals surface area contributed by atoms with Gasteiger partial charge in [-0.2, -0.15) is 0 Å². The highest BCUT2D eigenvalue weighted by Crippen LogP contribution is 2.25. The first kappa shape index (κ1) is 11.8. The SMILES string of the molecule is Cc1cc(C)cc(-c2nncn2C(C)(C)C)c1. The molecule has 0 saturated heterocycles. The molecule has 0 atom stereocenters. The van der Waals surface area contributed by atoms with Gasteiger partial charge in [-0.15, -0.1) is 10.2 Å². The third kappa shape index (κ3) is 2.38. The molecule has 0 spiro atoms. The van der Waals surface area contributed by atoms with Gasteiger partial charge in [-0.25, -0.2) is 0 Å². The average Bonchev–Trinajstić information content (AvgIpc) is 2.63. The maximum atomic E-state index is 4.25. The molecule has 3 heteroatoms. The van der Waals surface area contributed by atoms with Gasteiger partial charge >= 0.3 is 0 Å². The predicted octanol–water partition coefficient (Wildman–Crippen LogP) is 3.32. The summed E-state index contributed by atoms with van der Waals surface area (Å²) in [5.41, 5.74) is 3.64. The summed E-state index contributed by atoms with van der Waals surface area (Å²) in [6.07, 6.45) is 1.80. The van der Waals surface area contributed by atoms with Crippen molar-refractivity contribution in [2.24, 2.45) is 0 Å². The van der Waals surface area contributed by atoms with Crippen molar-refractivity contribution in [1.29, 1.82) is 0 Å². The van der Waals surface area contributed by atoms with Gasteiger partial charge in [0, 0.05) is 11.1 Å². The summed E-state index contributed by atoms with van der Waals surface area (Å²) in [7, 11) is 0. The van der Waals surface area contributed by atoms with Gasteiger partial charge in [0.1, 0.15) is 6.33 Å². The Labute approximate surface area is 103 Å². The summed E-state index contributed by atoms with van der Waals surface area (Å²) in [6, 6.07) is 6.47. The molecule has 17 heavy (non-hydrogen) atoms. The van der Waals surface area contributed by atoms with Crippen molar-refractivity contribution in [2.75, 3.05) is 0 Å². The second-order valence-electron chi connectivity index (χ2n) is 5.57. The van der Waals surface area contributed by atoms with Crippen LogP contribution < -0.4 is 0 Å². The van der Waals surface area contributed by atoms with Crippen LogP contribution in [0, 0.1) is 13.8 Å². The van der Waals surface area contributed by atoms with Crippen LogP contribution in [0.25, 0.3) is 11.4 Å². The van der Waals surface area contributed by atoms with Gasteiger partial charge in [0.2, 0.25) is 0 Å². The second-order valence-corrected chi connectivity index (χ2v) is 5.57. The Morgan fingerprint density at radius 3 is 2.12 bits per heavy atom. The first-order valence-corrected chi connectivity index (χ1v) is 5.87. The van der Waals surface area contributed by atoms with E-state index in [0.29, 0.717) is 0 Å². The minimum Gasteiger partial charge on any atom is -0.308 e. The summed E-state index contributed by atoms with van der Waals surface area (Å²) < 4.78 is 2.11. The molecule has 0 bridgehead atoms. The molecular formula is C14H19N3. The van der Waals surface area contributed by atoms with E-state index in [4.69, 9.17) is 0 Å². The quantitative estimate of drug-likeness (QED) is 0.751. The lowest BCUT2D eigenvalue weighted by Gasteiger charge is -2.22. The fourth-order valence-electron chi connectivity index (χ4n) is 2.03. The topological polar surface area (TPSA) is 30.7 Å². The van der Waals surface area contributed by atoms with Crippen molar-refractivity contribution >= 4 is 0 Å². The highest BCUT2D eigenvalue weighted by atomic mass is 15.3. The molecule has 0 saturated carbocycles. The maximum Gasteiger partial charge on any atom is 0.164 e. The molecule has 0 unspecified atom stereocenters. The van der Waals surface area contributed by atoms with Crippen molar-refractivity contribution < 1.29 is 0 Å². The highest BCUT2D eigenvalue weighted by Gasteiger charge is 2.18. The van der Waals surface area contributed by atoms with Crippen LogP contribution in [0.4, 0.5) is 0 Å². The van der Waals surface area contributed by atoms with Crippen LogP contribution in [-0.4, -0.2) is 14.8 Å². The van der Waals surface area contributed by atoms with Crippen molar-refractivity contribution in [1.82, 2.24) is 14.8 Å². The molecule has 1 aromatic carbocycles. The van der Waals surface area contributed by atoms with E-state index in [9.17, 15) is 0 Å². The minimum absolute atomic E-state index is 0.00349. The van der Waals surface area contributed by atoms with Crippen molar-refractivity contribution in [3.05, 3.63) is 35.7 Å². The average molecular weight is 229 g/mol. The van der Waals surface area contributed by atoms with Crippen LogP contribution in [-0.2, 0) is 5.54 Å². The number of aromatic nitrogens is 3. The molecule has 0 radical (unpaired) electrons. The first-order valence-electron chi connectivity index (χ1n) is 5.87. The molecule has 2 aromatic rings. The normalized spacial score (nSPS) is 11.8. The number of benzene rings is 1. The monoisotopic (exact) mass is 229 g/mol. The largest absolute Gasteiger partial charge is 0.308 e. The molecule has 1 heterocycles. The third-order valence-electron chi connectivity index (χ3n) is 2.75. The number of nitrogens with zero attached hydrogens (tertiary/aromatic N) is 3. The van der Waals surface area contributed by atoms with Gasteiger partial charge in [0.05, 0.1) is 0 Å². The lowest BCUT2D eigenvalue weighted by Crippen LogP contribution is -2.21. The zero-order valence-electron chi connectivity index (χ0n) is 11.2. The fraction of sp³-hybridized carbons (Fsp3) is 0.429. The van der Waals surface area contributed by atoms with Gasteiger partial charge in [-0.3, -0.25) is 0 Å². The molecule has 0 aliphatic rings. The smallest absolute Gasteiger partial charge is 0.164 e. The van der Waals surface area contributed by atoms with Crippen LogP contribution in [0.1, 0.15) is 31.9 Å². The number of aryl methyl sites for hydroxylation is 2. The minimum atomic E-state index is -0.00349. The standard InChI is InChI=1S/C14H19N3/c1-10-6-11(2)8-12(7-10)13-16-15-9-17(13)14(3,4)5/h6-9H,1-5H3. The van der Waals surface area contributed by atoms with Gasteiger partial charge in [-0.05, 0) is 46.8 Å². The Kier molecular flexibility index (Phi) is 2.77. The Morgan fingerprint density at radius 1 is 1.00 bits per heavy atom. The lowest BCUT2D eigenvalue weighted by atomic mass is 10.0. The molecule has 2 rings (SSSR count). The van der Waals surface area contributed by atoms with E-state index in [-0.39, 0.29) is 5.54 Å². The van der Waals surface area contributed by atoms with Crippen LogP contribution in [0.5, 0.6) is 0 Å². The first-order chi connectivity index (χ1) is 7.88. The molecule has 90 valence electrons. The third-order valence-corrected chi connectivity index (χ3v) is 2.75. The Balaban J connectivity index is 2.57. The van der Waals surface area contributed by atoms with Crippen LogP contribution in [0.15, 0.2) is 24.5 Å². The van der Waals surface area contributed by atoms with Crippen LogP contribution >= 0.6 is 0 Å². The van der Waals surface area contributed by atoms with Crippen molar-refractivity contribution in [3.63, 3.8) is 0 Å². The van der Waals surface area contributed by atoms with Gasteiger partial charge in [0.25, 0.3) is 0 Å². The van der Waals surface area contributed by atoms with Gasteiger partial charge < -0.3 is 4.57 Å². The lowest BCUT2D eigenvalue weighted by molar-refractivity contribution is 0.400. The number of hydrogen-bond donors (Lipinski definition) is 0. The Morgan fingerprint density at radius 2 is 1.59 bits per heavy atom. The van der Waals surface area contributed by atoms with E-state index in [2.05, 4.69) is 67.6 Å². The van der Waals surface area contributed by atoms with Crippen LogP contribution in [0.2, 0.25) is 0 Å². The fourth-order valence-corrected chi connectivity index (χ4v) is 2.03. The Bertz CT molecular complexity index is 512. The summed E-state index contributed by atoms with van der Waals surface area (Å²) >= 11 is 0. The van der Waals surface area contributed by atoms with Crippen molar-refractivity contribution in [2.45, 2.75) is 40.2 Å². The van der Waals surface area contributed by atoms with Crippen molar-refractivity contribution in [3.8, 4) is 11.4 Å². The summed E-state index contributed by atoms with van der Waals surface area (Å²) in [6.45, 7) is 10.7. The van der Waals surface area contributed by atoms with E-state index >= 15 is 0 Å². The van der Waals surface area contributed by atoms with Gasteiger partial charge in [0.15, 0.2) is 5.82 Å². The van der Waals surface area contributed by atoms with E-state index in [1.165, 1.54) is 11.1 Å². The van der Waals surface area contributed by atoms with E-state index in [1.54, 1.807) is 6.33 Å².